The third-order valence-electron chi connectivity index (χ3n) is 3.15. The Kier molecular flexibility index (Phi) is 3.16. The van der Waals surface area contributed by atoms with Crippen LogP contribution in [0.4, 0.5) is 5.82 Å². The highest BCUT2D eigenvalue weighted by Crippen LogP contribution is 2.27. The summed E-state index contributed by atoms with van der Waals surface area (Å²) in [6.07, 6.45) is 3.58. The number of nitrogens with zero attached hydrogens (tertiary/aromatic N) is 3. The monoisotopic (exact) mass is 275 g/mol. The molecule has 0 radical (unpaired) electrons. The van der Waals surface area contributed by atoms with Crippen molar-refractivity contribution in [2.75, 3.05) is 18.0 Å². The fourth-order valence-electron chi connectivity index (χ4n) is 2.22. The number of carboxylic acid groups (broad SMARTS) is 1. The molecule has 0 bridgehead atoms. The number of hydrogen-bond acceptors (Lipinski definition) is 5. The Labute approximate surface area is 114 Å². The number of carbonyl (C=O) groups is 1. The van der Waals surface area contributed by atoms with Crippen molar-refractivity contribution in [1.29, 1.82) is 0 Å². The maximum Gasteiger partial charge on any atom is 0.341 e. The molecule has 3 heterocycles. The van der Waals surface area contributed by atoms with E-state index in [1.54, 1.807) is 11.3 Å². The largest absolute Gasteiger partial charge is 0.477 e. The zero-order chi connectivity index (χ0) is 13.2. The van der Waals surface area contributed by atoms with Crippen LogP contribution in [0, 0.1) is 0 Å². The molecule has 0 aromatic carbocycles. The molecular formula is C13H13N3O2S. The number of carboxylic acids is 1. The lowest BCUT2D eigenvalue weighted by atomic mass is 10.3. The van der Waals surface area contributed by atoms with Gasteiger partial charge in [0.15, 0.2) is 5.82 Å². The van der Waals surface area contributed by atoms with E-state index in [-0.39, 0.29) is 5.56 Å². The van der Waals surface area contributed by atoms with Crippen LogP contribution < -0.4 is 4.90 Å². The topological polar surface area (TPSA) is 66.3 Å². The molecule has 0 unspecified atom stereocenters. The van der Waals surface area contributed by atoms with E-state index < -0.39 is 5.97 Å². The molecule has 19 heavy (non-hydrogen) atoms. The molecule has 1 N–H and O–H groups in total. The number of hydrogen-bond donors (Lipinski definition) is 1. The van der Waals surface area contributed by atoms with Gasteiger partial charge < -0.3 is 10.0 Å². The first-order chi connectivity index (χ1) is 9.25. The molecule has 1 aliphatic rings. The third kappa shape index (κ3) is 2.31. The van der Waals surface area contributed by atoms with Crippen molar-refractivity contribution in [2.45, 2.75) is 12.8 Å². The first kappa shape index (κ1) is 12.1. The normalized spacial score (nSPS) is 14.8. The van der Waals surface area contributed by atoms with Gasteiger partial charge in [-0.05, 0) is 24.3 Å². The fraction of sp³-hybridized carbons (Fsp3) is 0.308. The van der Waals surface area contributed by atoms with Gasteiger partial charge in [0.05, 0.1) is 4.88 Å². The van der Waals surface area contributed by atoms with E-state index in [2.05, 4.69) is 9.97 Å². The predicted molar refractivity (Wildman–Crippen MR) is 73.8 cm³/mol. The van der Waals surface area contributed by atoms with E-state index in [0.717, 1.165) is 30.8 Å². The van der Waals surface area contributed by atoms with E-state index >= 15 is 0 Å². The van der Waals surface area contributed by atoms with Gasteiger partial charge in [0.1, 0.15) is 11.4 Å². The first-order valence-corrected chi connectivity index (χ1v) is 7.03. The minimum atomic E-state index is -0.973. The van der Waals surface area contributed by atoms with Gasteiger partial charge >= 0.3 is 5.97 Å². The predicted octanol–water partition coefficient (Wildman–Crippen LogP) is 2.50. The summed E-state index contributed by atoms with van der Waals surface area (Å²) >= 11 is 1.55. The standard InChI is InChI=1S/C13H13N3O2S/c17-13(18)9-8-14-11(10-4-3-7-19-10)15-12(9)16-5-1-2-6-16/h3-4,7-8H,1-2,5-6H2,(H,17,18). The quantitative estimate of drug-likeness (QED) is 0.932. The van der Waals surface area contributed by atoms with Crippen LogP contribution >= 0.6 is 11.3 Å². The van der Waals surface area contributed by atoms with Gasteiger partial charge in [-0.25, -0.2) is 14.8 Å². The Morgan fingerprint density at radius 1 is 1.37 bits per heavy atom. The lowest BCUT2D eigenvalue weighted by molar-refractivity contribution is 0.0696. The van der Waals surface area contributed by atoms with Crippen LogP contribution in [0.2, 0.25) is 0 Å². The van der Waals surface area contributed by atoms with Crippen LogP contribution in [-0.4, -0.2) is 34.1 Å². The summed E-state index contributed by atoms with van der Waals surface area (Å²) in [5, 5.41) is 11.2. The van der Waals surface area contributed by atoms with Crippen LogP contribution in [0.5, 0.6) is 0 Å². The second-order valence-corrected chi connectivity index (χ2v) is 5.36. The van der Waals surface area contributed by atoms with Gasteiger partial charge in [-0.3, -0.25) is 0 Å². The molecule has 6 heteroatoms. The molecule has 1 saturated heterocycles. The fourth-order valence-corrected chi connectivity index (χ4v) is 2.88. The Morgan fingerprint density at radius 2 is 2.16 bits per heavy atom. The summed E-state index contributed by atoms with van der Waals surface area (Å²) in [6, 6.07) is 3.87. The molecule has 98 valence electrons. The molecule has 3 rings (SSSR count). The van der Waals surface area contributed by atoms with Crippen LogP contribution in [0.25, 0.3) is 10.7 Å². The molecule has 0 aliphatic carbocycles. The van der Waals surface area contributed by atoms with Crippen LogP contribution in [0.15, 0.2) is 23.7 Å². The highest BCUT2D eigenvalue weighted by Gasteiger charge is 2.22. The molecule has 1 fully saturated rings. The van der Waals surface area contributed by atoms with Crippen molar-refractivity contribution in [3.8, 4) is 10.7 Å². The minimum absolute atomic E-state index is 0.183. The van der Waals surface area contributed by atoms with Crippen LogP contribution in [0.1, 0.15) is 23.2 Å². The number of rotatable bonds is 3. The average Bonchev–Trinajstić information content (AvgIpc) is 3.11. The van der Waals surface area contributed by atoms with E-state index in [1.165, 1.54) is 6.20 Å². The third-order valence-corrected chi connectivity index (χ3v) is 4.01. The van der Waals surface area contributed by atoms with Crippen LogP contribution in [-0.2, 0) is 0 Å². The minimum Gasteiger partial charge on any atom is -0.477 e. The zero-order valence-corrected chi connectivity index (χ0v) is 11.1. The summed E-state index contributed by atoms with van der Waals surface area (Å²) in [7, 11) is 0. The number of aromatic nitrogens is 2. The molecule has 0 atom stereocenters. The lowest BCUT2D eigenvalue weighted by Gasteiger charge is -2.18. The first-order valence-electron chi connectivity index (χ1n) is 6.15. The van der Waals surface area contributed by atoms with Crippen molar-refractivity contribution in [3.05, 3.63) is 29.3 Å². The molecular weight excluding hydrogens is 262 g/mol. The molecule has 2 aromatic heterocycles. The average molecular weight is 275 g/mol. The second kappa shape index (κ2) is 4.97. The summed E-state index contributed by atoms with van der Waals surface area (Å²) in [4.78, 5) is 22.9. The molecule has 0 saturated carbocycles. The Bertz CT molecular complexity index is 592. The summed E-state index contributed by atoms with van der Waals surface area (Å²) in [5.41, 5.74) is 0.183. The second-order valence-electron chi connectivity index (χ2n) is 4.41. The maximum atomic E-state index is 11.3. The Hall–Kier alpha value is -1.95. The van der Waals surface area contributed by atoms with Crippen molar-refractivity contribution >= 4 is 23.1 Å². The smallest absolute Gasteiger partial charge is 0.341 e. The Balaban J connectivity index is 2.06. The molecule has 0 amide bonds. The molecule has 5 nitrogen and oxygen atoms in total. The molecule has 2 aromatic rings. The van der Waals surface area contributed by atoms with Gasteiger partial charge in [0, 0.05) is 19.3 Å². The van der Waals surface area contributed by atoms with Gasteiger partial charge in [-0.1, -0.05) is 6.07 Å². The Morgan fingerprint density at radius 3 is 2.79 bits per heavy atom. The van der Waals surface area contributed by atoms with Gasteiger partial charge in [-0.15, -0.1) is 11.3 Å². The molecule has 0 spiro atoms. The van der Waals surface area contributed by atoms with E-state index in [1.807, 2.05) is 22.4 Å². The maximum absolute atomic E-state index is 11.3. The number of aromatic carboxylic acids is 1. The van der Waals surface area contributed by atoms with Crippen molar-refractivity contribution < 1.29 is 9.90 Å². The van der Waals surface area contributed by atoms with E-state index in [4.69, 9.17) is 0 Å². The zero-order valence-electron chi connectivity index (χ0n) is 10.2. The SMILES string of the molecule is O=C(O)c1cnc(-c2cccs2)nc1N1CCCC1. The molecule has 1 aliphatic heterocycles. The van der Waals surface area contributed by atoms with Crippen molar-refractivity contribution in [2.24, 2.45) is 0 Å². The summed E-state index contributed by atoms with van der Waals surface area (Å²) in [6.45, 7) is 1.72. The highest BCUT2D eigenvalue weighted by molar-refractivity contribution is 7.13. The van der Waals surface area contributed by atoms with Crippen molar-refractivity contribution in [1.82, 2.24) is 9.97 Å². The van der Waals surface area contributed by atoms with Gasteiger partial charge in [0.2, 0.25) is 0 Å². The van der Waals surface area contributed by atoms with Gasteiger partial charge in [-0.2, -0.15) is 0 Å². The summed E-state index contributed by atoms with van der Waals surface area (Å²) < 4.78 is 0. The van der Waals surface area contributed by atoms with Crippen LogP contribution in [0.3, 0.4) is 0 Å². The summed E-state index contributed by atoms with van der Waals surface area (Å²) in [5.74, 6) is 0.171. The van der Waals surface area contributed by atoms with Crippen molar-refractivity contribution in [3.63, 3.8) is 0 Å². The van der Waals surface area contributed by atoms with E-state index in [0.29, 0.717) is 11.6 Å². The number of anilines is 1. The lowest BCUT2D eigenvalue weighted by Crippen LogP contribution is -2.22. The number of thiophene rings is 1. The highest BCUT2D eigenvalue weighted by atomic mass is 32.1. The van der Waals surface area contributed by atoms with Gasteiger partial charge in [0.25, 0.3) is 0 Å². The van der Waals surface area contributed by atoms with E-state index in [9.17, 15) is 9.90 Å².